The molecule has 0 aliphatic carbocycles. The van der Waals surface area contributed by atoms with Gasteiger partial charge in [-0.25, -0.2) is 0 Å². The van der Waals surface area contributed by atoms with Gasteiger partial charge in [-0.15, -0.1) is 0 Å². The first-order chi connectivity index (χ1) is 7.13. The fourth-order valence-electron chi connectivity index (χ4n) is 2.11. The Morgan fingerprint density at radius 2 is 2.33 bits per heavy atom. The molecule has 0 bridgehead atoms. The highest BCUT2D eigenvalue weighted by atomic mass is 16.1. The molecule has 0 aromatic carbocycles. The molecule has 1 amide bonds. The topological polar surface area (TPSA) is 58.4 Å². The molecule has 88 valence electrons. The van der Waals surface area contributed by atoms with Crippen LogP contribution in [0.4, 0.5) is 0 Å². The minimum absolute atomic E-state index is 0.154. The molecule has 2 atom stereocenters. The average Bonchev–Trinajstić information content (AvgIpc) is 2.19. The standard InChI is InChI=1S/C11H23N3O/c1-9-8-14(2)7-5-10(9)13-11(15)4-3-6-12/h9-10H,3-8,12H2,1-2H3,(H,13,15). The summed E-state index contributed by atoms with van der Waals surface area (Å²) in [4.78, 5) is 13.8. The highest BCUT2D eigenvalue weighted by molar-refractivity contribution is 5.76. The van der Waals surface area contributed by atoms with Gasteiger partial charge in [-0.05, 0) is 38.9 Å². The second-order valence-corrected chi connectivity index (χ2v) is 4.59. The second-order valence-electron chi connectivity index (χ2n) is 4.59. The van der Waals surface area contributed by atoms with Crippen LogP contribution in [0.15, 0.2) is 0 Å². The molecule has 1 fully saturated rings. The summed E-state index contributed by atoms with van der Waals surface area (Å²) in [5.41, 5.74) is 5.37. The molecule has 0 saturated carbocycles. The zero-order valence-corrected chi connectivity index (χ0v) is 9.83. The Labute approximate surface area is 92.2 Å². The number of nitrogens with one attached hydrogen (secondary N) is 1. The normalized spacial score (nSPS) is 27.7. The van der Waals surface area contributed by atoms with E-state index in [0.717, 1.165) is 25.9 Å². The number of hydrogen-bond donors (Lipinski definition) is 2. The summed E-state index contributed by atoms with van der Waals surface area (Å²) in [6.07, 6.45) is 2.41. The molecule has 0 aromatic heterocycles. The first-order valence-electron chi connectivity index (χ1n) is 5.81. The van der Waals surface area contributed by atoms with Gasteiger partial charge in [-0.3, -0.25) is 4.79 Å². The van der Waals surface area contributed by atoms with Crippen molar-refractivity contribution in [2.24, 2.45) is 11.7 Å². The number of likely N-dealkylation sites (tertiary alicyclic amines) is 1. The van der Waals surface area contributed by atoms with E-state index in [1.165, 1.54) is 0 Å². The summed E-state index contributed by atoms with van der Waals surface area (Å²) >= 11 is 0. The molecular weight excluding hydrogens is 190 g/mol. The predicted octanol–water partition coefficient (Wildman–Crippen LogP) is 0.182. The summed E-state index contributed by atoms with van der Waals surface area (Å²) in [5, 5.41) is 3.10. The Balaban J connectivity index is 2.28. The average molecular weight is 213 g/mol. The monoisotopic (exact) mass is 213 g/mol. The predicted molar refractivity (Wildman–Crippen MR) is 61.5 cm³/mol. The quantitative estimate of drug-likeness (QED) is 0.700. The lowest BCUT2D eigenvalue weighted by atomic mass is 9.94. The van der Waals surface area contributed by atoms with Crippen molar-refractivity contribution < 1.29 is 4.79 Å². The third-order valence-electron chi connectivity index (χ3n) is 3.06. The van der Waals surface area contributed by atoms with Gasteiger partial charge >= 0.3 is 0 Å². The Kier molecular flexibility index (Phi) is 5.05. The van der Waals surface area contributed by atoms with Crippen LogP contribution < -0.4 is 11.1 Å². The third-order valence-corrected chi connectivity index (χ3v) is 3.06. The molecule has 1 rings (SSSR count). The first kappa shape index (κ1) is 12.5. The fraction of sp³-hybridized carbons (Fsp3) is 0.909. The van der Waals surface area contributed by atoms with E-state index in [1.807, 2.05) is 0 Å². The van der Waals surface area contributed by atoms with Crippen molar-refractivity contribution in [1.29, 1.82) is 0 Å². The van der Waals surface area contributed by atoms with Gasteiger partial charge in [0.2, 0.25) is 5.91 Å². The van der Waals surface area contributed by atoms with Crippen LogP contribution in [-0.4, -0.2) is 43.5 Å². The minimum atomic E-state index is 0.154. The highest BCUT2D eigenvalue weighted by Crippen LogP contribution is 2.15. The number of rotatable bonds is 4. The van der Waals surface area contributed by atoms with Gasteiger partial charge in [0.1, 0.15) is 0 Å². The maximum absolute atomic E-state index is 11.5. The lowest BCUT2D eigenvalue weighted by molar-refractivity contribution is -0.122. The molecule has 3 N–H and O–H groups in total. The third kappa shape index (κ3) is 4.18. The van der Waals surface area contributed by atoms with Crippen LogP contribution >= 0.6 is 0 Å². The van der Waals surface area contributed by atoms with Crippen LogP contribution in [0.3, 0.4) is 0 Å². The maximum Gasteiger partial charge on any atom is 0.220 e. The van der Waals surface area contributed by atoms with E-state index in [9.17, 15) is 4.79 Å². The highest BCUT2D eigenvalue weighted by Gasteiger charge is 2.24. The van der Waals surface area contributed by atoms with Crippen molar-refractivity contribution >= 4 is 5.91 Å². The molecule has 0 radical (unpaired) electrons. The van der Waals surface area contributed by atoms with Gasteiger partial charge in [-0.1, -0.05) is 6.92 Å². The Hall–Kier alpha value is -0.610. The Morgan fingerprint density at radius 3 is 2.93 bits per heavy atom. The summed E-state index contributed by atoms with van der Waals surface area (Å²) in [5.74, 6) is 0.701. The molecule has 15 heavy (non-hydrogen) atoms. The lowest BCUT2D eigenvalue weighted by Gasteiger charge is -2.35. The van der Waals surface area contributed by atoms with Crippen LogP contribution in [0.25, 0.3) is 0 Å². The van der Waals surface area contributed by atoms with Crippen molar-refractivity contribution in [3.8, 4) is 0 Å². The zero-order chi connectivity index (χ0) is 11.3. The summed E-state index contributed by atoms with van der Waals surface area (Å²) < 4.78 is 0. The van der Waals surface area contributed by atoms with E-state index in [-0.39, 0.29) is 5.91 Å². The van der Waals surface area contributed by atoms with Crippen molar-refractivity contribution in [3.63, 3.8) is 0 Å². The van der Waals surface area contributed by atoms with Crippen molar-refractivity contribution in [3.05, 3.63) is 0 Å². The number of carbonyl (C=O) groups excluding carboxylic acids is 1. The number of piperidine rings is 1. The van der Waals surface area contributed by atoms with Crippen molar-refractivity contribution in [2.75, 3.05) is 26.7 Å². The summed E-state index contributed by atoms with van der Waals surface area (Å²) in [6, 6.07) is 0.353. The van der Waals surface area contributed by atoms with Gasteiger partial charge in [0, 0.05) is 19.0 Å². The van der Waals surface area contributed by atoms with E-state index < -0.39 is 0 Å². The number of hydrogen-bond acceptors (Lipinski definition) is 3. The molecule has 0 aromatic rings. The van der Waals surface area contributed by atoms with E-state index in [0.29, 0.717) is 24.9 Å². The number of nitrogens with two attached hydrogens (primary N) is 1. The molecule has 4 heteroatoms. The molecule has 0 spiro atoms. The van der Waals surface area contributed by atoms with E-state index >= 15 is 0 Å². The number of carbonyl (C=O) groups is 1. The Bertz CT molecular complexity index is 208. The number of nitrogens with zero attached hydrogens (tertiary/aromatic N) is 1. The molecular formula is C11H23N3O. The van der Waals surface area contributed by atoms with Crippen LogP contribution in [0.2, 0.25) is 0 Å². The van der Waals surface area contributed by atoms with Gasteiger partial charge in [0.25, 0.3) is 0 Å². The van der Waals surface area contributed by atoms with E-state index in [2.05, 4.69) is 24.2 Å². The SMILES string of the molecule is CC1CN(C)CCC1NC(=O)CCCN. The molecule has 1 aliphatic rings. The molecule has 4 nitrogen and oxygen atoms in total. The molecule has 1 saturated heterocycles. The first-order valence-corrected chi connectivity index (χ1v) is 5.81. The van der Waals surface area contributed by atoms with Gasteiger partial charge < -0.3 is 16.0 Å². The van der Waals surface area contributed by atoms with Crippen LogP contribution in [0.1, 0.15) is 26.2 Å². The maximum atomic E-state index is 11.5. The smallest absolute Gasteiger partial charge is 0.220 e. The Morgan fingerprint density at radius 1 is 1.60 bits per heavy atom. The summed E-state index contributed by atoms with van der Waals surface area (Å²) in [6.45, 7) is 4.94. The van der Waals surface area contributed by atoms with E-state index in [4.69, 9.17) is 5.73 Å². The van der Waals surface area contributed by atoms with Crippen molar-refractivity contribution in [1.82, 2.24) is 10.2 Å². The van der Waals surface area contributed by atoms with Gasteiger partial charge in [-0.2, -0.15) is 0 Å². The zero-order valence-electron chi connectivity index (χ0n) is 9.83. The molecule has 2 unspecified atom stereocenters. The van der Waals surface area contributed by atoms with Crippen LogP contribution in [0, 0.1) is 5.92 Å². The van der Waals surface area contributed by atoms with Gasteiger partial charge in [0.05, 0.1) is 0 Å². The van der Waals surface area contributed by atoms with E-state index in [1.54, 1.807) is 0 Å². The summed E-state index contributed by atoms with van der Waals surface area (Å²) in [7, 11) is 2.13. The van der Waals surface area contributed by atoms with Crippen LogP contribution in [0.5, 0.6) is 0 Å². The molecule has 1 heterocycles. The van der Waals surface area contributed by atoms with Crippen molar-refractivity contribution in [2.45, 2.75) is 32.2 Å². The molecule has 1 aliphatic heterocycles. The van der Waals surface area contributed by atoms with Gasteiger partial charge in [0.15, 0.2) is 0 Å². The fourth-order valence-corrected chi connectivity index (χ4v) is 2.11. The van der Waals surface area contributed by atoms with Crippen LogP contribution in [-0.2, 0) is 4.79 Å². The largest absolute Gasteiger partial charge is 0.353 e. The minimum Gasteiger partial charge on any atom is -0.353 e. The lowest BCUT2D eigenvalue weighted by Crippen LogP contribution is -2.48. The second kappa shape index (κ2) is 6.08. The number of amides is 1.